The molecular weight excluding hydrogens is 346 g/mol. The summed E-state index contributed by atoms with van der Waals surface area (Å²) in [6.45, 7) is 13.1. The lowest BCUT2D eigenvalue weighted by molar-refractivity contribution is -0.932. The second-order valence-corrected chi connectivity index (χ2v) is 9.54. The van der Waals surface area contributed by atoms with Crippen molar-refractivity contribution in [2.24, 2.45) is 0 Å². The number of quaternary nitrogens is 1. The Morgan fingerprint density at radius 2 is 1.71 bits per heavy atom. The number of aliphatic hydroxyl groups is 1. The molecule has 2 aromatic carbocycles. The van der Waals surface area contributed by atoms with Gasteiger partial charge in [-0.25, -0.2) is 0 Å². The van der Waals surface area contributed by atoms with Gasteiger partial charge in [-0.15, -0.1) is 0 Å². The number of ether oxygens (including phenoxy) is 1. The van der Waals surface area contributed by atoms with Crippen molar-refractivity contribution in [3.05, 3.63) is 65.2 Å². The third kappa shape index (κ3) is 5.36. The molecule has 1 N–H and O–H groups in total. The fourth-order valence-corrected chi connectivity index (χ4v) is 4.42. The highest BCUT2D eigenvalue weighted by Gasteiger charge is 2.34. The standard InChI is InChI=1S/C25H36NO2/c1-20-12-13-24(23(16-20)25(2,3)4)28-19-22(27)18-26(14-8-9-15-26)17-21-10-6-5-7-11-21/h5-7,10-13,16,22,27H,8-9,14-15,17-19H2,1-4H3/q+1/t22-/m1/s1. The van der Waals surface area contributed by atoms with Gasteiger partial charge in [0.1, 0.15) is 31.5 Å². The molecule has 1 aliphatic heterocycles. The van der Waals surface area contributed by atoms with Gasteiger partial charge in [-0.3, -0.25) is 0 Å². The van der Waals surface area contributed by atoms with Crippen LogP contribution in [0.4, 0.5) is 0 Å². The van der Waals surface area contributed by atoms with Gasteiger partial charge in [0.25, 0.3) is 0 Å². The predicted octanol–water partition coefficient (Wildman–Crippen LogP) is 4.84. The van der Waals surface area contributed by atoms with Crippen LogP contribution in [0.25, 0.3) is 0 Å². The number of aryl methyl sites for hydroxylation is 1. The molecule has 2 aromatic rings. The van der Waals surface area contributed by atoms with Crippen molar-refractivity contribution in [2.45, 2.75) is 58.6 Å². The second kappa shape index (κ2) is 8.67. The van der Waals surface area contributed by atoms with Crippen molar-refractivity contribution in [3.8, 4) is 5.75 Å². The minimum Gasteiger partial charge on any atom is -0.490 e. The first-order valence-electron chi connectivity index (χ1n) is 10.6. The Hall–Kier alpha value is -1.84. The molecule has 1 fully saturated rings. The Bertz CT molecular complexity index is 758. The molecule has 3 nitrogen and oxygen atoms in total. The van der Waals surface area contributed by atoms with Gasteiger partial charge in [-0.05, 0) is 24.0 Å². The van der Waals surface area contributed by atoms with Gasteiger partial charge in [-0.2, -0.15) is 0 Å². The van der Waals surface area contributed by atoms with E-state index in [-0.39, 0.29) is 5.41 Å². The summed E-state index contributed by atoms with van der Waals surface area (Å²) < 4.78 is 7.09. The third-order valence-electron chi connectivity index (χ3n) is 5.85. The number of benzene rings is 2. The second-order valence-electron chi connectivity index (χ2n) is 9.54. The zero-order valence-electron chi connectivity index (χ0n) is 17.9. The van der Waals surface area contributed by atoms with E-state index in [1.165, 1.54) is 29.5 Å². The van der Waals surface area contributed by atoms with Crippen molar-refractivity contribution in [3.63, 3.8) is 0 Å². The average molecular weight is 383 g/mol. The maximum atomic E-state index is 10.8. The number of hydrogen-bond donors (Lipinski definition) is 1. The Balaban J connectivity index is 1.65. The molecule has 0 aliphatic carbocycles. The van der Waals surface area contributed by atoms with E-state index in [2.05, 4.69) is 70.2 Å². The summed E-state index contributed by atoms with van der Waals surface area (Å²) in [5.74, 6) is 0.896. The summed E-state index contributed by atoms with van der Waals surface area (Å²) in [5, 5.41) is 10.8. The first kappa shape index (κ1) is 20.9. The molecular formula is C25H36NO2+. The van der Waals surface area contributed by atoms with Crippen LogP contribution in [0.2, 0.25) is 0 Å². The molecule has 3 rings (SSSR count). The van der Waals surface area contributed by atoms with E-state index in [9.17, 15) is 5.11 Å². The molecule has 0 unspecified atom stereocenters. The smallest absolute Gasteiger partial charge is 0.137 e. The maximum Gasteiger partial charge on any atom is 0.137 e. The SMILES string of the molecule is Cc1ccc(OC[C@H](O)C[N+]2(Cc3ccccc3)CCCC2)c(C(C)(C)C)c1. The van der Waals surface area contributed by atoms with Gasteiger partial charge in [0.2, 0.25) is 0 Å². The maximum absolute atomic E-state index is 10.8. The van der Waals surface area contributed by atoms with Gasteiger partial charge >= 0.3 is 0 Å². The molecule has 28 heavy (non-hydrogen) atoms. The highest BCUT2D eigenvalue weighted by atomic mass is 16.5. The summed E-state index contributed by atoms with van der Waals surface area (Å²) in [6.07, 6.45) is 2.02. The van der Waals surface area contributed by atoms with Gasteiger partial charge < -0.3 is 14.3 Å². The van der Waals surface area contributed by atoms with E-state index in [4.69, 9.17) is 4.74 Å². The Morgan fingerprint density at radius 3 is 2.36 bits per heavy atom. The van der Waals surface area contributed by atoms with E-state index in [1.54, 1.807) is 0 Å². The molecule has 0 radical (unpaired) electrons. The van der Waals surface area contributed by atoms with E-state index >= 15 is 0 Å². The molecule has 0 bridgehead atoms. The molecule has 1 saturated heterocycles. The number of rotatable bonds is 7. The van der Waals surface area contributed by atoms with Crippen LogP contribution < -0.4 is 4.74 Å². The van der Waals surface area contributed by atoms with Crippen molar-refractivity contribution in [2.75, 3.05) is 26.2 Å². The molecule has 3 heteroatoms. The minimum absolute atomic E-state index is 0.0162. The lowest BCUT2D eigenvalue weighted by atomic mass is 9.85. The Labute approximate surface area is 170 Å². The molecule has 1 aliphatic rings. The fraction of sp³-hybridized carbons (Fsp3) is 0.520. The highest BCUT2D eigenvalue weighted by Crippen LogP contribution is 2.32. The van der Waals surface area contributed by atoms with Crippen molar-refractivity contribution in [1.82, 2.24) is 0 Å². The van der Waals surface area contributed by atoms with Crippen LogP contribution >= 0.6 is 0 Å². The monoisotopic (exact) mass is 382 g/mol. The van der Waals surface area contributed by atoms with Crippen molar-refractivity contribution in [1.29, 1.82) is 0 Å². The van der Waals surface area contributed by atoms with Gasteiger partial charge in [-0.1, -0.05) is 68.8 Å². The third-order valence-corrected chi connectivity index (χ3v) is 5.85. The number of nitrogens with zero attached hydrogens (tertiary/aromatic N) is 1. The number of likely N-dealkylation sites (tertiary alicyclic amines) is 1. The Kier molecular flexibility index (Phi) is 6.47. The topological polar surface area (TPSA) is 29.5 Å². The Morgan fingerprint density at radius 1 is 1.04 bits per heavy atom. The quantitative estimate of drug-likeness (QED) is 0.694. The summed E-state index contributed by atoms with van der Waals surface area (Å²) in [7, 11) is 0. The summed E-state index contributed by atoms with van der Waals surface area (Å²) in [4.78, 5) is 0. The largest absolute Gasteiger partial charge is 0.490 e. The van der Waals surface area contributed by atoms with Gasteiger partial charge in [0, 0.05) is 18.4 Å². The van der Waals surface area contributed by atoms with Crippen LogP contribution in [0.15, 0.2) is 48.5 Å². The lowest BCUT2D eigenvalue weighted by Crippen LogP contribution is -2.50. The lowest BCUT2D eigenvalue weighted by Gasteiger charge is -2.36. The zero-order valence-corrected chi connectivity index (χ0v) is 17.9. The van der Waals surface area contributed by atoms with Crippen LogP contribution in [-0.2, 0) is 12.0 Å². The molecule has 1 atom stereocenters. The van der Waals surface area contributed by atoms with Crippen molar-refractivity contribution < 1.29 is 14.3 Å². The van der Waals surface area contributed by atoms with E-state index in [0.717, 1.165) is 36.4 Å². The van der Waals surface area contributed by atoms with Gasteiger partial charge in [0.15, 0.2) is 0 Å². The summed E-state index contributed by atoms with van der Waals surface area (Å²) in [6, 6.07) is 17.0. The van der Waals surface area contributed by atoms with Crippen LogP contribution in [-0.4, -0.2) is 41.9 Å². The predicted molar refractivity (Wildman–Crippen MR) is 116 cm³/mol. The molecule has 0 saturated carbocycles. The number of hydrogen-bond acceptors (Lipinski definition) is 2. The first-order valence-corrected chi connectivity index (χ1v) is 10.6. The van der Waals surface area contributed by atoms with Crippen LogP contribution in [0.1, 0.15) is 50.3 Å². The molecule has 0 amide bonds. The molecule has 1 heterocycles. The van der Waals surface area contributed by atoms with Gasteiger partial charge in [0.05, 0.1) is 13.1 Å². The van der Waals surface area contributed by atoms with Crippen LogP contribution in [0.3, 0.4) is 0 Å². The normalized spacial score (nSPS) is 17.5. The minimum atomic E-state index is -0.462. The summed E-state index contributed by atoms with van der Waals surface area (Å²) in [5.41, 5.74) is 3.81. The summed E-state index contributed by atoms with van der Waals surface area (Å²) >= 11 is 0. The number of aliphatic hydroxyl groups excluding tert-OH is 1. The van der Waals surface area contributed by atoms with E-state index in [0.29, 0.717) is 6.61 Å². The van der Waals surface area contributed by atoms with Crippen LogP contribution in [0, 0.1) is 6.92 Å². The molecule has 152 valence electrons. The highest BCUT2D eigenvalue weighted by molar-refractivity contribution is 5.41. The zero-order chi connectivity index (χ0) is 20.2. The van der Waals surface area contributed by atoms with Crippen molar-refractivity contribution >= 4 is 0 Å². The van der Waals surface area contributed by atoms with Crippen LogP contribution in [0.5, 0.6) is 5.75 Å². The van der Waals surface area contributed by atoms with E-state index in [1.807, 2.05) is 6.07 Å². The average Bonchev–Trinajstić information content (AvgIpc) is 3.08. The van der Waals surface area contributed by atoms with E-state index < -0.39 is 6.10 Å². The molecule has 0 spiro atoms. The molecule has 0 aromatic heterocycles. The fourth-order valence-electron chi connectivity index (χ4n) is 4.42. The first-order chi connectivity index (χ1) is 13.3.